The van der Waals surface area contributed by atoms with Gasteiger partial charge < -0.3 is 19.5 Å². The van der Waals surface area contributed by atoms with Crippen molar-refractivity contribution in [2.45, 2.75) is 30.3 Å². The summed E-state index contributed by atoms with van der Waals surface area (Å²) >= 11 is 7.28. The van der Waals surface area contributed by atoms with E-state index in [1.165, 1.54) is 26.0 Å². The van der Waals surface area contributed by atoms with Gasteiger partial charge in [-0.2, -0.15) is 0 Å². The number of thioether (sulfide) groups is 1. The van der Waals surface area contributed by atoms with Gasteiger partial charge in [-0.3, -0.25) is 14.2 Å². The zero-order valence-electron chi connectivity index (χ0n) is 19.6. The summed E-state index contributed by atoms with van der Waals surface area (Å²) in [4.78, 5) is 31.1. The maximum absolute atomic E-state index is 13.6. The summed E-state index contributed by atoms with van der Waals surface area (Å²) in [6.07, 6.45) is 0.560. The summed E-state index contributed by atoms with van der Waals surface area (Å²) in [5, 5.41) is 3.88. The lowest BCUT2D eigenvalue weighted by Crippen LogP contribution is -2.35. The number of carbonyl (C=O) groups is 1. The van der Waals surface area contributed by atoms with E-state index in [0.29, 0.717) is 52.2 Å². The van der Waals surface area contributed by atoms with E-state index < -0.39 is 5.25 Å². The Hall–Kier alpha value is -2.75. The molecule has 0 aliphatic rings. The van der Waals surface area contributed by atoms with Crippen LogP contribution in [0, 0.1) is 0 Å². The minimum absolute atomic E-state index is 0.135. The van der Waals surface area contributed by atoms with Crippen LogP contribution in [0.4, 0.5) is 0 Å². The van der Waals surface area contributed by atoms with E-state index in [-0.39, 0.29) is 18.0 Å². The molecule has 2 aromatic carbocycles. The number of amides is 1. The van der Waals surface area contributed by atoms with E-state index in [2.05, 4.69) is 5.32 Å². The molecule has 1 amide bonds. The van der Waals surface area contributed by atoms with E-state index in [1.807, 2.05) is 19.1 Å². The standard InChI is InChI=1S/C24H28ClN3O5S/c1-5-21(22(29)26-10-11-31-2)34-24-27-18-13-20(33-4)19(32-3)12-17(18)23(30)28(24)14-15-6-8-16(25)9-7-15/h6-9,12-13,21H,5,10-11,14H2,1-4H3,(H,26,29)/t21-/m0/s1. The molecule has 0 saturated heterocycles. The average Bonchev–Trinajstić information content (AvgIpc) is 2.85. The first kappa shape index (κ1) is 25.9. The highest BCUT2D eigenvalue weighted by Crippen LogP contribution is 2.32. The summed E-state index contributed by atoms with van der Waals surface area (Å²) in [7, 11) is 4.62. The van der Waals surface area contributed by atoms with Crippen molar-refractivity contribution in [2.75, 3.05) is 34.5 Å². The Kier molecular flexibility index (Phi) is 9.20. The molecule has 3 rings (SSSR count). The Morgan fingerprint density at radius 2 is 1.82 bits per heavy atom. The van der Waals surface area contributed by atoms with Gasteiger partial charge in [0.15, 0.2) is 16.7 Å². The van der Waals surface area contributed by atoms with Gasteiger partial charge >= 0.3 is 0 Å². The Balaban J connectivity index is 2.09. The molecule has 0 aliphatic carbocycles. The van der Waals surface area contributed by atoms with Gasteiger partial charge in [-0.25, -0.2) is 4.98 Å². The van der Waals surface area contributed by atoms with Crippen LogP contribution >= 0.6 is 23.4 Å². The number of fused-ring (bicyclic) bond motifs is 1. The zero-order valence-corrected chi connectivity index (χ0v) is 21.2. The third-order valence-electron chi connectivity index (χ3n) is 5.19. The van der Waals surface area contributed by atoms with Gasteiger partial charge in [-0.15, -0.1) is 0 Å². The monoisotopic (exact) mass is 505 g/mol. The van der Waals surface area contributed by atoms with Crippen molar-refractivity contribution in [3.8, 4) is 11.5 Å². The molecule has 3 aromatic rings. The van der Waals surface area contributed by atoms with Gasteiger partial charge in [0.2, 0.25) is 5.91 Å². The lowest BCUT2D eigenvalue weighted by Gasteiger charge is -2.18. The van der Waals surface area contributed by atoms with Gasteiger partial charge in [0.05, 0.1) is 43.5 Å². The number of benzene rings is 2. The molecule has 8 nitrogen and oxygen atoms in total. The second-order valence-electron chi connectivity index (χ2n) is 7.44. The first-order chi connectivity index (χ1) is 16.4. The molecule has 0 unspecified atom stereocenters. The molecule has 1 heterocycles. The summed E-state index contributed by atoms with van der Waals surface area (Å²) in [6.45, 7) is 3.03. The van der Waals surface area contributed by atoms with Gasteiger partial charge in [0, 0.05) is 24.7 Å². The normalized spacial score (nSPS) is 11.9. The summed E-state index contributed by atoms with van der Waals surface area (Å²) in [5.74, 6) is 0.776. The van der Waals surface area contributed by atoms with Gasteiger partial charge in [0.1, 0.15) is 0 Å². The Morgan fingerprint density at radius 1 is 1.15 bits per heavy atom. The van der Waals surface area contributed by atoms with Crippen LogP contribution < -0.4 is 20.3 Å². The molecule has 1 N–H and O–H groups in total. The SMILES string of the molecule is CC[C@H](Sc1nc2cc(OC)c(OC)cc2c(=O)n1Cc1ccc(Cl)cc1)C(=O)NCCOC. The number of methoxy groups -OCH3 is 3. The predicted octanol–water partition coefficient (Wildman–Crippen LogP) is 3.75. The third kappa shape index (κ3) is 6.02. The fourth-order valence-electron chi connectivity index (χ4n) is 3.37. The van der Waals surface area contributed by atoms with E-state index in [0.717, 1.165) is 5.56 Å². The maximum Gasteiger partial charge on any atom is 0.262 e. The largest absolute Gasteiger partial charge is 0.493 e. The fraction of sp³-hybridized carbons (Fsp3) is 0.375. The first-order valence-corrected chi connectivity index (χ1v) is 12.0. The Labute approximate surface area is 207 Å². The molecule has 0 radical (unpaired) electrons. The van der Waals surface area contributed by atoms with E-state index >= 15 is 0 Å². The third-order valence-corrected chi connectivity index (χ3v) is 6.80. The Morgan fingerprint density at radius 3 is 2.44 bits per heavy atom. The number of halogens is 1. The van der Waals surface area contributed by atoms with Crippen LogP contribution in [0.3, 0.4) is 0 Å². The minimum Gasteiger partial charge on any atom is -0.493 e. The van der Waals surface area contributed by atoms with Crippen molar-refractivity contribution in [1.29, 1.82) is 0 Å². The molecular formula is C24H28ClN3O5S. The number of ether oxygens (including phenoxy) is 3. The fourth-order valence-corrected chi connectivity index (χ4v) is 4.53. The average molecular weight is 506 g/mol. The topological polar surface area (TPSA) is 91.7 Å². The van der Waals surface area contributed by atoms with Crippen LogP contribution in [0.5, 0.6) is 11.5 Å². The molecule has 0 bridgehead atoms. The Bertz CT molecular complexity index is 1200. The minimum atomic E-state index is -0.433. The summed E-state index contributed by atoms with van der Waals surface area (Å²) < 4.78 is 17.4. The molecule has 182 valence electrons. The van der Waals surface area contributed by atoms with Crippen molar-refractivity contribution < 1.29 is 19.0 Å². The van der Waals surface area contributed by atoms with Crippen molar-refractivity contribution >= 4 is 40.2 Å². The lowest BCUT2D eigenvalue weighted by atomic mass is 10.2. The van der Waals surface area contributed by atoms with E-state index in [9.17, 15) is 9.59 Å². The second kappa shape index (κ2) is 12.1. The summed E-state index contributed by atoms with van der Waals surface area (Å²) in [6, 6.07) is 10.6. The van der Waals surface area contributed by atoms with Crippen molar-refractivity contribution in [3.05, 3.63) is 57.3 Å². The molecule has 0 saturated carbocycles. The van der Waals surface area contributed by atoms with Gasteiger partial charge in [-0.1, -0.05) is 42.4 Å². The van der Waals surface area contributed by atoms with Crippen LogP contribution in [0.2, 0.25) is 5.02 Å². The molecular weight excluding hydrogens is 478 g/mol. The maximum atomic E-state index is 13.6. The van der Waals surface area contributed by atoms with Crippen molar-refractivity contribution in [1.82, 2.24) is 14.9 Å². The van der Waals surface area contributed by atoms with E-state index in [4.69, 9.17) is 30.8 Å². The molecule has 0 aliphatic heterocycles. The van der Waals surface area contributed by atoms with Crippen molar-refractivity contribution in [3.63, 3.8) is 0 Å². The highest BCUT2D eigenvalue weighted by molar-refractivity contribution is 8.00. The van der Waals surface area contributed by atoms with Crippen LogP contribution in [0.1, 0.15) is 18.9 Å². The van der Waals surface area contributed by atoms with Gasteiger partial charge in [-0.05, 0) is 30.2 Å². The molecule has 0 fully saturated rings. The lowest BCUT2D eigenvalue weighted by molar-refractivity contribution is -0.120. The molecule has 10 heteroatoms. The second-order valence-corrected chi connectivity index (χ2v) is 9.04. The van der Waals surface area contributed by atoms with Crippen LogP contribution in [0.15, 0.2) is 46.3 Å². The number of hydrogen-bond acceptors (Lipinski definition) is 7. The number of hydrogen-bond donors (Lipinski definition) is 1. The highest BCUT2D eigenvalue weighted by Gasteiger charge is 2.23. The number of aromatic nitrogens is 2. The first-order valence-electron chi connectivity index (χ1n) is 10.8. The van der Waals surface area contributed by atoms with Crippen LogP contribution in [-0.4, -0.2) is 55.2 Å². The van der Waals surface area contributed by atoms with E-state index in [1.54, 1.807) is 35.9 Å². The molecule has 34 heavy (non-hydrogen) atoms. The number of nitrogens with zero attached hydrogens (tertiary/aromatic N) is 2. The summed E-state index contributed by atoms with van der Waals surface area (Å²) in [5.41, 5.74) is 1.11. The molecule has 0 spiro atoms. The van der Waals surface area contributed by atoms with Crippen LogP contribution in [-0.2, 0) is 16.1 Å². The number of rotatable bonds is 11. The highest BCUT2D eigenvalue weighted by atomic mass is 35.5. The van der Waals surface area contributed by atoms with Crippen molar-refractivity contribution in [2.24, 2.45) is 0 Å². The molecule has 1 atom stereocenters. The number of carbonyl (C=O) groups excluding carboxylic acids is 1. The zero-order chi connectivity index (χ0) is 24.7. The smallest absolute Gasteiger partial charge is 0.262 e. The van der Waals surface area contributed by atoms with Gasteiger partial charge in [0.25, 0.3) is 5.56 Å². The predicted molar refractivity (Wildman–Crippen MR) is 134 cm³/mol. The molecule has 1 aromatic heterocycles. The number of nitrogens with one attached hydrogen (secondary N) is 1. The quantitative estimate of drug-likeness (QED) is 0.241. The van der Waals surface area contributed by atoms with Crippen LogP contribution in [0.25, 0.3) is 10.9 Å².